The van der Waals surface area contributed by atoms with Crippen molar-refractivity contribution in [1.29, 1.82) is 0 Å². The Bertz CT molecular complexity index is 743. The summed E-state index contributed by atoms with van der Waals surface area (Å²) < 4.78 is 5.77. The van der Waals surface area contributed by atoms with E-state index < -0.39 is 6.10 Å². The minimum atomic E-state index is -0.502. The monoisotopic (exact) mass is 368 g/mol. The average molecular weight is 368 g/mol. The maximum atomic E-state index is 10.4. The highest BCUT2D eigenvalue weighted by Crippen LogP contribution is 2.19. The van der Waals surface area contributed by atoms with Crippen molar-refractivity contribution in [3.8, 4) is 5.75 Å². The molecule has 27 heavy (non-hydrogen) atoms. The van der Waals surface area contributed by atoms with Crippen LogP contribution in [0.3, 0.4) is 0 Å². The van der Waals surface area contributed by atoms with Gasteiger partial charge in [-0.3, -0.25) is 9.80 Å². The van der Waals surface area contributed by atoms with Crippen LogP contribution >= 0.6 is 0 Å². The summed E-state index contributed by atoms with van der Waals surface area (Å²) in [5.41, 5.74) is 4.00. The number of hydrogen-bond acceptors (Lipinski definition) is 5. The van der Waals surface area contributed by atoms with E-state index in [1.54, 1.807) is 0 Å². The molecule has 0 amide bonds. The molecular formula is C22H28N2O3. The predicted octanol–water partition coefficient (Wildman–Crippen LogP) is 1.66. The Balaban J connectivity index is 1.21. The molecule has 2 aromatic carbocycles. The Morgan fingerprint density at radius 1 is 1.00 bits per heavy atom. The molecule has 5 nitrogen and oxygen atoms in total. The first-order valence-corrected chi connectivity index (χ1v) is 9.75. The van der Waals surface area contributed by atoms with Crippen LogP contribution in [0.25, 0.3) is 0 Å². The van der Waals surface area contributed by atoms with E-state index in [2.05, 4.69) is 34.1 Å². The zero-order valence-corrected chi connectivity index (χ0v) is 15.6. The average Bonchev–Trinajstić information content (AvgIpc) is 2.66. The van der Waals surface area contributed by atoms with Gasteiger partial charge in [-0.1, -0.05) is 36.4 Å². The van der Waals surface area contributed by atoms with Crippen LogP contribution in [0.15, 0.2) is 48.5 Å². The Hall–Kier alpha value is -1.92. The normalized spacial score (nSPS) is 19.3. The summed E-state index contributed by atoms with van der Waals surface area (Å²) in [4.78, 5) is 4.50. The van der Waals surface area contributed by atoms with E-state index in [0.717, 1.165) is 44.9 Å². The van der Waals surface area contributed by atoms with Gasteiger partial charge in [0.1, 0.15) is 18.5 Å². The molecular weight excluding hydrogens is 340 g/mol. The van der Waals surface area contributed by atoms with E-state index >= 15 is 0 Å². The third-order valence-corrected chi connectivity index (χ3v) is 5.39. The Morgan fingerprint density at radius 3 is 2.48 bits per heavy atom. The van der Waals surface area contributed by atoms with Crippen LogP contribution in [0.5, 0.6) is 5.75 Å². The highest BCUT2D eigenvalue weighted by atomic mass is 16.5. The van der Waals surface area contributed by atoms with E-state index in [0.29, 0.717) is 13.2 Å². The molecule has 144 valence electrons. The number of ether oxygens (including phenoxy) is 1. The van der Waals surface area contributed by atoms with Crippen LogP contribution in [-0.2, 0) is 19.5 Å². The number of rotatable bonds is 7. The van der Waals surface area contributed by atoms with Crippen molar-refractivity contribution in [2.24, 2.45) is 0 Å². The third-order valence-electron chi connectivity index (χ3n) is 5.39. The second-order valence-electron chi connectivity index (χ2n) is 7.71. The lowest BCUT2D eigenvalue weighted by Gasteiger charge is -2.35. The molecule has 2 aliphatic rings. The molecule has 0 aliphatic carbocycles. The molecule has 1 atom stereocenters. The number of hydrogen-bond donors (Lipinski definition) is 2. The van der Waals surface area contributed by atoms with E-state index in [9.17, 15) is 10.2 Å². The summed E-state index contributed by atoms with van der Waals surface area (Å²) in [7, 11) is 0. The fraction of sp³-hybridized carbons (Fsp3) is 0.455. The van der Waals surface area contributed by atoms with Crippen molar-refractivity contribution in [2.45, 2.75) is 31.7 Å². The second-order valence-corrected chi connectivity index (χ2v) is 7.71. The molecule has 0 bridgehead atoms. The van der Waals surface area contributed by atoms with Gasteiger partial charge in [0.15, 0.2) is 0 Å². The molecule has 2 N–H and O–H groups in total. The fourth-order valence-corrected chi connectivity index (χ4v) is 3.87. The molecule has 2 aromatic rings. The van der Waals surface area contributed by atoms with Gasteiger partial charge in [0.05, 0.1) is 6.10 Å². The van der Waals surface area contributed by atoms with Crippen molar-refractivity contribution in [3.63, 3.8) is 0 Å². The van der Waals surface area contributed by atoms with Gasteiger partial charge in [0, 0.05) is 39.3 Å². The third kappa shape index (κ3) is 4.87. The number of aliphatic hydroxyl groups is 2. The first kappa shape index (κ1) is 18.4. The summed E-state index contributed by atoms with van der Waals surface area (Å²) >= 11 is 0. The van der Waals surface area contributed by atoms with Gasteiger partial charge in [-0.15, -0.1) is 0 Å². The molecule has 1 saturated heterocycles. The summed E-state index contributed by atoms with van der Waals surface area (Å²) in [6, 6.07) is 16.5. The molecule has 1 fully saturated rings. The summed E-state index contributed by atoms with van der Waals surface area (Å²) in [6.07, 6.45) is 0.374. The minimum absolute atomic E-state index is 0.164. The molecule has 2 aliphatic heterocycles. The highest BCUT2D eigenvalue weighted by molar-refractivity contribution is 5.29. The Morgan fingerprint density at radius 2 is 1.74 bits per heavy atom. The topological polar surface area (TPSA) is 56.2 Å². The predicted molar refractivity (Wildman–Crippen MR) is 105 cm³/mol. The zero-order chi connectivity index (χ0) is 18.6. The van der Waals surface area contributed by atoms with Gasteiger partial charge in [-0.2, -0.15) is 0 Å². The lowest BCUT2D eigenvalue weighted by molar-refractivity contribution is -0.00287. The summed E-state index contributed by atoms with van der Waals surface area (Å²) in [5.74, 6) is 0.783. The van der Waals surface area contributed by atoms with Gasteiger partial charge < -0.3 is 14.9 Å². The molecule has 1 unspecified atom stereocenters. The second kappa shape index (κ2) is 8.40. The number of fused-ring (bicyclic) bond motifs is 1. The van der Waals surface area contributed by atoms with Crippen molar-refractivity contribution in [2.75, 3.05) is 32.8 Å². The zero-order valence-electron chi connectivity index (χ0n) is 15.6. The molecule has 0 saturated carbocycles. The molecule has 0 radical (unpaired) electrons. The lowest BCUT2D eigenvalue weighted by atomic mass is 10.00. The van der Waals surface area contributed by atoms with Crippen LogP contribution in [-0.4, -0.2) is 65.0 Å². The molecule has 5 heteroatoms. The quantitative estimate of drug-likeness (QED) is 0.779. The van der Waals surface area contributed by atoms with Crippen LogP contribution < -0.4 is 4.74 Å². The van der Waals surface area contributed by atoms with Crippen molar-refractivity contribution in [3.05, 3.63) is 65.2 Å². The highest BCUT2D eigenvalue weighted by Gasteiger charge is 2.23. The maximum Gasteiger partial charge on any atom is 0.119 e. The maximum absolute atomic E-state index is 10.4. The first-order valence-electron chi connectivity index (χ1n) is 9.75. The van der Waals surface area contributed by atoms with Crippen molar-refractivity contribution in [1.82, 2.24) is 9.80 Å². The van der Waals surface area contributed by atoms with Crippen LogP contribution in [0.4, 0.5) is 0 Å². The summed E-state index contributed by atoms with van der Waals surface area (Å²) in [5, 5.41) is 19.7. The smallest absolute Gasteiger partial charge is 0.119 e. The van der Waals surface area contributed by atoms with Crippen LogP contribution in [0, 0.1) is 0 Å². The number of likely N-dealkylation sites (tertiary alicyclic amines) is 1. The first-order chi connectivity index (χ1) is 13.2. The molecule has 0 spiro atoms. The van der Waals surface area contributed by atoms with Gasteiger partial charge in [-0.05, 0) is 35.2 Å². The number of β-amino-alcohol motifs (C(OH)–C–C–N with tert-alkyl or cyclic N) is 2. The number of nitrogens with zero attached hydrogens (tertiary/aromatic N) is 2. The van der Waals surface area contributed by atoms with Gasteiger partial charge in [0.25, 0.3) is 0 Å². The standard InChI is InChI=1S/C22H28N2O3/c25-20-13-24(14-20)11-17-5-7-22(8-6-17)27-16-21(26)15-23-10-9-18-3-1-2-4-19(18)12-23/h1-8,20-21,25-26H,9-16H2. The van der Waals surface area contributed by atoms with Gasteiger partial charge in [0.2, 0.25) is 0 Å². The SMILES string of the molecule is OC(COc1ccc(CN2CC(O)C2)cc1)CN1CCc2ccccc2C1. The van der Waals surface area contributed by atoms with E-state index in [1.165, 1.54) is 16.7 Å². The van der Waals surface area contributed by atoms with Crippen LogP contribution in [0.1, 0.15) is 16.7 Å². The largest absolute Gasteiger partial charge is 0.491 e. The van der Waals surface area contributed by atoms with E-state index in [-0.39, 0.29) is 6.10 Å². The number of aliphatic hydroxyl groups excluding tert-OH is 2. The van der Waals surface area contributed by atoms with E-state index in [1.807, 2.05) is 24.3 Å². The van der Waals surface area contributed by atoms with E-state index in [4.69, 9.17) is 4.74 Å². The molecule has 2 heterocycles. The van der Waals surface area contributed by atoms with Crippen molar-refractivity contribution >= 4 is 0 Å². The molecule has 4 rings (SSSR count). The van der Waals surface area contributed by atoms with Crippen molar-refractivity contribution < 1.29 is 14.9 Å². The van der Waals surface area contributed by atoms with Crippen LogP contribution in [0.2, 0.25) is 0 Å². The minimum Gasteiger partial charge on any atom is -0.491 e. The van der Waals surface area contributed by atoms with Gasteiger partial charge in [-0.25, -0.2) is 0 Å². The number of benzene rings is 2. The fourth-order valence-electron chi connectivity index (χ4n) is 3.87. The Kier molecular flexibility index (Phi) is 5.74. The van der Waals surface area contributed by atoms with Gasteiger partial charge >= 0.3 is 0 Å². The summed E-state index contributed by atoms with van der Waals surface area (Å²) in [6.45, 7) is 5.17. The lowest BCUT2D eigenvalue weighted by Crippen LogP contribution is -2.49. The molecule has 0 aromatic heterocycles. The Labute approximate surface area is 160 Å².